The lowest BCUT2D eigenvalue weighted by Gasteiger charge is -2.29. The Morgan fingerprint density at radius 1 is 0.382 bits per heavy atom. The zero-order chi connectivity index (χ0) is 91.8. The van der Waals surface area contributed by atoms with Gasteiger partial charge in [-0.15, -0.1) is 0 Å². The molecule has 0 spiro atoms. The number of aliphatic imine (C=N–C) groups is 1. The number of carbonyl (C=O) groups excluding carboxylic acids is 13. The number of aromatic hydroxyl groups is 1. The summed E-state index contributed by atoms with van der Waals surface area (Å²) in [4.78, 5) is 209. The second kappa shape index (κ2) is 63.8. The van der Waals surface area contributed by atoms with Crippen LogP contribution in [0.1, 0.15) is 253 Å². The van der Waals surface area contributed by atoms with E-state index < -0.39 is 180 Å². The lowest BCUT2D eigenvalue weighted by Crippen LogP contribution is -2.62. The first-order valence-electron chi connectivity index (χ1n) is 44.3. The summed E-state index contributed by atoms with van der Waals surface area (Å²) in [6.07, 6.45) is 14.2. The Labute approximate surface area is 730 Å². The van der Waals surface area contributed by atoms with Gasteiger partial charge in [0.1, 0.15) is 84.3 Å². The van der Waals surface area contributed by atoms with Gasteiger partial charge in [0.25, 0.3) is 0 Å². The van der Waals surface area contributed by atoms with Crippen LogP contribution in [0.2, 0.25) is 0 Å². The Hall–Kier alpha value is -9.02. The number of aliphatic carboxylic acids is 1. The van der Waals surface area contributed by atoms with Crippen LogP contribution in [0.3, 0.4) is 0 Å². The van der Waals surface area contributed by atoms with Gasteiger partial charge < -0.3 is 124 Å². The standard InChI is InChI=1S/C84H150N20O18S/c1-8-9-10-11-12-13-14-15-16-17-18-19-20-21-30-57-71(110)92-58(31-22-25-41-85)72(111)93-59(32-23-26-42-86)73(112)99-65(48-53(4)5)79(118)97-62(35-29-45-91-84(89)90)76(115)103-68(51-105)82(121)98-63(40-46-123-7)77(116)104-70(54(6)106)83(122)102-67(50-69(108)109)81(120)95-60(33-24-27-43-87)74(113)101-66(49-55-36-38-56(107)39-37-55)80(119)96-61(34-28-44-88)75(114)100-64(47-52(2)3)78(117)94-57/h36-39,52-54,57-68,70,105-107H,8-35,40-51,85-88H2,1-7H3,(H,92,110)(H,93,111)(H,94,117)(H,95,120)(H,96,119)(H,97,118)(H,98,121)(H,99,112)(H,100,114)(H,101,113)(H,102,122)(H,103,115)(H,104,116)(H,108,109)(H4,89,90,91)/t54-,57?,58+,59+,60+,61+,62+,63+,64+,65+,66+,67+,68+,70+/m1/s1. The highest BCUT2D eigenvalue weighted by atomic mass is 32.2. The van der Waals surface area contributed by atoms with E-state index in [1.807, 2.05) is 0 Å². The smallest absolute Gasteiger partial charge is 0.305 e. The quantitative estimate of drug-likeness (QED) is 0.0232. The van der Waals surface area contributed by atoms with Gasteiger partial charge in [0.05, 0.1) is 19.1 Å². The number of amides is 13. The first kappa shape index (κ1) is 110. The monoisotopic (exact) mass is 1760 g/mol. The normalized spacial score (nSPS) is 23.3. The van der Waals surface area contributed by atoms with Gasteiger partial charge in [0.15, 0.2) is 5.96 Å². The van der Waals surface area contributed by atoms with Crippen LogP contribution >= 0.6 is 11.8 Å². The third-order valence-corrected chi connectivity index (χ3v) is 21.6. The van der Waals surface area contributed by atoms with Crippen molar-refractivity contribution in [2.24, 2.45) is 51.2 Å². The third-order valence-electron chi connectivity index (χ3n) is 21.0. The van der Waals surface area contributed by atoms with Gasteiger partial charge in [0.2, 0.25) is 76.8 Å². The first-order chi connectivity index (χ1) is 58.7. The van der Waals surface area contributed by atoms with Crippen LogP contribution < -0.4 is 104 Å². The largest absolute Gasteiger partial charge is 0.508 e. The molecule has 13 amide bonds. The number of nitrogens with one attached hydrogen (secondary N) is 13. The van der Waals surface area contributed by atoms with Crippen molar-refractivity contribution in [2.45, 2.75) is 338 Å². The highest BCUT2D eigenvalue weighted by Gasteiger charge is 2.40. The summed E-state index contributed by atoms with van der Waals surface area (Å²) in [5, 5.41) is 76.4. The van der Waals surface area contributed by atoms with Crippen molar-refractivity contribution in [3.8, 4) is 5.75 Å². The molecule has 1 aromatic rings. The maximum absolute atomic E-state index is 15.2. The van der Waals surface area contributed by atoms with Gasteiger partial charge in [-0.2, -0.15) is 11.8 Å². The molecule has 1 aliphatic heterocycles. The van der Waals surface area contributed by atoms with Crippen LogP contribution in [0.15, 0.2) is 29.3 Å². The maximum Gasteiger partial charge on any atom is 0.305 e. The molecule has 123 heavy (non-hydrogen) atoms. The zero-order valence-corrected chi connectivity index (χ0v) is 74.5. The number of hydrogen-bond donors (Lipinski definition) is 23. The Morgan fingerprint density at radius 3 is 1.02 bits per heavy atom. The fourth-order valence-corrected chi connectivity index (χ4v) is 14.4. The lowest BCUT2D eigenvalue weighted by atomic mass is 9.99. The molecule has 29 N–H and O–H groups in total. The first-order valence-corrected chi connectivity index (χ1v) is 45.6. The fraction of sp³-hybridized carbons (Fsp3) is 0.750. The van der Waals surface area contributed by atoms with Crippen molar-refractivity contribution in [1.82, 2.24) is 69.1 Å². The van der Waals surface area contributed by atoms with Crippen molar-refractivity contribution in [2.75, 3.05) is 51.3 Å². The number of rotatable bonds is 47. The topological polar surface area (TPSA) is 645 Å². The molecule has 1 aromatic carbocycles. The van der Waals surface area contributed by atoms with Crippen molar-refractivity contribution in [1.29, 1.82) is 0 Å². The van der Waals surface area contributed by atoms with Gasteiger partial charge in [0, 0.05) is 13.0 Å². The summed E-state index contributed by atoms with van der Waals surface area (Å²) in [5.41, 5.74) is 35.4. The molecule has 700 valence electrons. The number of nitrogens with zero attached hydrogens (tertiary/aromatic N) is 1. The Kier molecular flexibility index (Phi) is 57.1. The minimum Gasteiger partial charge on any atom is -0.508 e. The Bertz CT molecular complexity index is 3400. The van der Waals surface area contributed by atoms with Gasteiger partial charge in [-0.1, -0.05) is 137 Å². The van der Waals surface area contributed by atoms with E-state index in [0.29, 0.717) is 37.7 Å². The zero-order valence-electron chi connectivity index (χ0n) is 73.7. The molecule has 2 rings (SSSR count). The van der Waals surface area contributed by atoms with Crippen LogP contribution in [0.5, 0.6) is 5.75 Å². The number of phenolic OH excluding ortho intramolecular Hbond substituents is 1. The number of aliphatic hydroxyl groups excluding tert-OH is 2. The van der Waals surface area contributed by atoms with Crippen LogP contribution in [0, 0.1) is 11.8 Å². The minimum absolute atomic E-state index is 0.00415. The highest BCUT2D eigenvalue weighted by Crippen LogP contribution is 2.20. The second-order valence-electron chi connectivity index (χ2n) is 32.8. The molecule has 1 fully saturated rings. The number of thioether (sulfide) groups is 1. The van der Waals surface area contributed by atoms with Crippen molar-refractivity contribution < 1.29 is 87.5 Å². The SMILES string of the molecule is CCCCCCCCCCCCCCCCC1NC(=O)[C@H](CC(C)C)NC(=O)[C@H](CCCN)NC(=O)[C@H](Cc2ccc(O)cc2)NC(=O)[C@H](CCCCN)NC(=O)[C@H](CC(=O)O)NC(=O)[C@H]([C@@H](C)O)NC(=O)[C@H](CCSC)NC(=O)[C@H](CO)NC(=O)[C@H](CCCN=C(N)N)NC(=O)[C@H](CC(C)C)NC(=O)[C@H](CCCCN)NC(=O)[C@H](CCCCN)NC1=O. The molecule has 0 aliphatic carbocycles. The minimum atomic E-state index is -2.05. The van der Waals surface area contributed by atoms with Crippen LogP contribution in [0.25, 0.3) is 0 Å². The summed E-state index contributed by atoms with van der Waals surface area (Å²) in [7, 11) is 0. The highest BCUT2D eigenvalue weighted by molar-refractivity contribution is 7.98. The molecule has 0 aromatic heterocycles. The molecule has 0 radical (unpaired) electrons. The van der Waals surface area contributed by atoms with Crippen LogP contribution in [-0.2, 0) is 73.5 Å². The van der Waals surface area contributed by atoms with Crippen LogP contribution in [0.4, 0.5) is 0 Å². The van der Waals surface area contributed by atoms with Gasteiger partial charge in [-0.05, 0) is 184 Å². The number of carboxylic acids is 1. The van der Waals surface area contributed by atoms with Gasteiger partial charge in [-0.25, -0.2) is 0 Å². The predicted molar refractivity (Wildman–Crippen MR) is 472 cm³/mol. The van der Waals surface area contributed by atoms with E-state index in [1.165, 1.54) is 74.6 Å². The molecule has 39 heteroatoms. The van der Waals surface area contributed by atoms with E-state index in [0.717, 1.165) is 45.4 Å². The molecule has 1 saturated heterocycles. The third kappa shape index (κ3) is 46.5. The number of unbranched alkanes of at least 4 members (excludes halogenated alkanes) is 16. The Balaban J connectivity index is 3.10. The number of benzene rings is 1. The summed E-state index contributed by atoms with van der Waals surface area (Å²) in [6, 6.07) is -15.1. The maximum atomic E-state index is 15.2. The summed E-state index contributed by atoms with van der Waals surface area (Å²) < 4.78 is 0. The number of guanidine groups is 1. The average molecular weight is 1760 g/mol. The van der Waals surface area contributed by atoms with E-state index in [4.69, 9.17) is 34.4 Å². The molecule has 1 unspecified atom stereocenters. The van der Waals surface area contributed by atoms with E-state index in [2.05, 4.69) is 81.0 Å². The lowest BCUT2D eigenvalue weighted by molar-refractivity contribution is -0.142. The van der Waals surface area contributed by atoms with Crippen molar-refractivity contribution in [3.05, 3.63) is 29.8 Å². The van der Waals surface area contributed by atoms with Gasteiger partial charge >= 0.3 is 5.97 Å². The fourth-order valence-electron chi connectivity index (χ4n) is 13.9. The molecular weight excluding hydrogens is 1610 g/mol. The van der Waals surface area contributed by atoms with Crippen molar-refractivity contribution in [3.63, 3.8) is 0 Å². The number of aliphatic hydroxyl groups is 2. The number of carboxylic acid groups (broad SMARTS) is 1. The second-order valence-corrected chi connectivity index (χ2v) is 33.8. The molecule has 1 aliphatic rings. The predicted octanol–water partition coefficient (Wildman–Crippen LogP) is -0.00530. The molecule has 0 saturated carbocycles. The number of carbonyl (C=O) groups is 14. The summed E-state index contributed by atoms with van der Waals surface area (Å²) >= 11 is 1.22. The van der Waals surface area contributed by atoms with E-state index in [9.17, 15) is 68.4 Å². The Morgan fingerprint density at radius 2 is 0.675 bits per heavy atom. The average Bonchev–Trinajstić information content (AvgIpc) is 0.851. The van der Waals surface area contributed by atoms with E-state index in [1.54, 1.807) is 34.0 Å². The van der Waals surface area contributed by atoms with Gasteiger partial charge in [-0.3, -0.25) is 72.1 Å². The molecule has 1 heterocycles. The molecule has 38 nitrogen and oxygen atoms in total. The van der Waals surface area contributed by atoms with E-state index >= 15 is 19.2 Å². The molecular formula is C84H150N20O18S. The number of hydrogen-bond acceptors (Lipinski definition) is 23. The number of nitrogens with two attached hydrogens (primary N) is 6. The van der Waals surface area contributed by atoms with E-state index in [-0.39, 0.29) is 158 Å². The molecule has 14 atom stereocenters. The summed E-state index contributed by atoms with van der Waals surface area (Å²) in [5.74, 6) is -15.5. The number of phenols is 1. The summed E-state index contributed by atoms with van der Waals surface area (Å²) in [6.45, 7) is 9.77. The van der Waals surface area contributed by atoms with Crippen LogP contribution in [-0.4, -0.2) is 245 Å². The molecule has 0 bridgehead atoms. The van der Waals surface area contributed by atoms with Crippen molar-refractivity contribution >= 4 is 100 Å².